The fourth-order valence-electron chi connectivity index (χ4n) is 3.72. The quantitative estimate of drug-likeness (QED) is 0.335. The first-order valence-corrected chi connectivity index (χ1v) is 12.0. The van der Waals surface area contributed by atoms with Crippen LogP contribution in [0.5, 0.6) is 5.75 Å². The third-order valence-corrected chi connectivity index (χ3v) is 6.70. The topological polar surface area (TPSA) is 69.0 Å². The Morgan fingerprint density at radius 2 is 1.62 bits per heavy atom. The van der Waals surface area contributed by atoms with Crippen LogP contribution in [0.25, 0.3) is 17.1 Å². The monoisotopic (exact) mass is 472 g/mol. The summed E-state index contributed by atoms with van der Waals surface area (Å²) in [5.41, 5.74) is 5.83. The van der Waals surface area contributed by atoms with Gasteiger partial charge in [0.25, 0.3) is 0 Å². The molecule has 1 atom stereocenters. The molecule has 7 heteroatoms. The molecule has 174 valence electrons. The molecule has 1 amide bonds. The van der Waals surface area contributed by atoms with Crippen molar-refractivity contribution in [1.82, 2.24) is 14.8 Å². The zero-order chi connectivity index (χ0) is 24.2. The Morgan fingerprint density at radius 3 is 2.29 bits per heavy atom. The van der Waals surface area contributed by atoms with Crippen LogP contribution in [-0.2, 0) is 4.79 Å². The Morgan fingerprint density at radius 1 is 0.941 bits per heavy atom. The summed E-state index contributed by atoms with van der Waals surface area (Å²) in [4.78, 5) is 13.1. The minimum absolute atomic E-state index is 0.0836. The largest absolute Gasteiger partial charge is 0.496 e. The molecule has 3 aromatic carbocycles. The van der Waals surface area contributed by atoms with Crippen molar-refractivity contribution < 1.29 is 9.53 Å². The molecule has 0 fully saturated rings. The van der Waals surface area contributed by atoms with Crippen LogP contribution in [0, 0.1) is 20.8 Å². The number of para-hydroxylation sites is 2. The number of carbonyl (C=O) groups excluding carboxylic acids is 1. The van der Waals surface area contributed by atoms with E-state index in [2.05, 4.69) is 15.5 Å². The number of hydrogen-bond donors (Lipinski definition) is 1. The zero-order valence-corrected chi connectivity index (χ0v) is 20.8. The van der Waals surface area contributed by atoms with Crippen molar-refractivity contribution in [2.24, 2.45) is 0 Å². The van der Waals surface area contributed by atoms with E-state index in [1.165, 1.54) is 11.8 Å². The molecule has 1 N–H and O–H groups in total. The zero-order valence-electron chi connectivity index (χ0n) is 20.0. The van der Waals surface area contributed by atoms with E-state index in [0.717, 1.165) is 33.6 Å². The molecule has 1 heterocycles. The Balaban J connectivity index is 1.70. The first-order chi connectivity index (χ1) is 16.4. The summed E-state index contributed by atoms with van der Waals surface area (Å²) in [6.07, 6.45) is 0. The molecular weight excluding hydrogens is 444 g/mol. The van der Waals surface area contributed by atoms with E-state index in [0.29, 0.717) is 16.7 Å². The lowest BCUT2D eigenvalue weighted by molar-refractivity contribution is -0.115. The number of methoxy groups -OCH3 is 1. The van der Waals surface area contributed by atoms with Crippen LogP contribution in [0.1, 0.15) is 23.6 Å². The Hall–Kier alpha value is -3.58. The highest BCUT2D eigenvalue weighted by Gasteiger charge is 2.23. The number of nitrogens with zero attached hydrogens (tertiary/aromatic N) is 3. The molecule has 0 bridgehead atoms. The van der Waals surface area contributed by atoms with Gasteiger partial charge in [-0.15, -0.1) is 10.2 Å². The highest BCUT2D eigenvalue weighted by molar-refractivity contribution is 8.00. The lowest BCUT2D eigenvalue weighted by Gasteiger charge is -2.16. The van der Waals surface area contributed by atoms with Gasteiger partial charge in [-0.3, -0.25) is 9.36 Å². The van der Waals surface area contributed by atoms with Gasteiger partial charge in [0.2, 0.25) is 5.91 Å². The molecule has 0 saturated carbocycles. The number of rotatable bonds is 7. The van der Waals surface area contributed by atoms with E-state index >= 15 is 0 Å². The van der Waals surface area contributed by atoms with Crippen molar-refractivity contribution in [2.75, 3.05) is 12.4 Å². The summed E-state index contributed by atoms with van der Waals surface area (Å²) in [7, 11) is 1.64. The second-order valence-corrected chi connectivity index (χ2v) is 9.50. The van der Waals surface area contributed by atoms with Crippen LogP contribution in [0.4, 0.5) is 5.69 Å². The number of thioether (sulfide) groups is 1. The minimum Gasteiger partial charge on any atom is -0.496 e. The van der Waals surface area contributed by atoms with E-state index in [1.807, 2.05) is 99.0 Å². The molecule has 0 aliphatic rings. The van der Waals surface area contributed by atoms with Crippen LogP contribution in [0.2, 0.25) is 0 Å². The van der Waals surface area contributed by atoms with Gasteiger partial charge in [-0.05, 0) is 63.1 Å². The van der Waals surface area contributed by atoms with Gasteiger partial charge in [-0.1, -0.05) is 59.8 Å². The van der Waals surface area contributed by atoms with Gasteiger partial charge in [0.05, 0.1) is 17.9 Å². The summed E-state index contributed by atoms with van der Waals surface area (Å²) in [6, 6.07) is 21.9. The van der Waals surface area contributed by atoms with Gasteiger partial charge < -0.3 is 10.1 Å². The van der Waals surface area contributed by atoms with Crippen molar-refractivity contribution in [3.05, 3.63) is 83.4 Å². The van der Waals surface area contributed by atoms with Gasteiger partial charge in [0, 0.05) is 11.4 Å². The van der Waals surface area contributed by atoms with E-state index in [9.17, 15) is 4.79 Å². The Bertz CT molecular complexity index is 1290. The number of carbonyl (C=O) groups is 1. The second-order valence-electron chi connectivity index (χ2n) is 8.19. The number of aromatic nitrogens is 3. The minimum atomic E-state index is -0.391. The Labute approximate surface area is 204 Å². The van der Waals surface area contributed by atoms with Gasteiger partial charge in [-0.2, -0.15) is 0 Å². The Kier molecular flexibility index (Phi) is 7.03. The molecule has 0 spiro atoms. The lowest BCUT2D eigenvalue weighted by atomic mass is 10.1. The standard InChI is InChI=1S/C27H28N4O2S/c1-17-13-15-21(16-14-17)31-25(22-11-6-7-12-23(22)33-5)29-30-27(31)34-20(4)26(32)28-24-18(2)9-8-10-19(24)3/h6-16,20H,1-5H3,(H,28,32)/t20-/m1/s1. The molecule has 4 rings (SSSR count). The number of anilines is 1. The first-order valence-electron chi connectivity index (χ1n) is 11.1. The fourth-order valence-corrected chi connectivity index (χ4v) is 4.59. The van der Waals surface area contributed by atoms with Crippen LogP contribution >= 0.6 is 11.8 Å². The summed E-state index contributed by atoms with van der Waals surface area (Å²) in [5, 5.41) is 12.3. The SMILES string of the molecule is COc1ccccc1-c1nnc(S[C@H](C)C(=O)Nc2c(C)cccc2C)n1-c1ccc(C)cc1. The smallest absolute Gasteiger partial charge is 0.237 e. The molecule has 0 unspecified atom stereocenters. The lowest BCUT2D eigenvalue weighted by Crippen LogP contribution is -2.23. The normalized spacial score (nSPS) is 11.8. The maximum atomic E-state index is 13.1. The van der Waals surface area contributed by atoms with Crippen LogP contribution < -0.4 is 10.1 Å². The van der Waals surface area contributed by atoms with Gasteiger partial charge in [-0.25, -0.2) is 0 Å². The number of benzene rings is 3. The van der Waals surface area contributed by atoms with Gasteiger partial charge in [0.1, 0.15) is 5.75 Å². The molecule has 4 aromatic rings. The van der Waals surface area contributed by atoms with E-state index in [-0.39, 0.29) is 5.91 Å². The molecule has 0 radical (unpaired) electrons. The maximum Gasteiger partial charge on any atom is 0.237 e. The summed E-state index contributed by atoms with van der Waals surface area (Å²) < 4.78 is 7.55. The molecule has 34 heavy (non-hydrogen) atoms. The third-order valence-electron chi connectivity index (χ3n) is 5.65. The number of ether oxygens (including phenoxy) is 1. The van der Waals surface area contributed by atoms with Gasteiger partial charge >= 0.3 is 0 Å². The van der Waals surface area contributed by atoms with Crippen molar-refractivity contribution in [2.45, 2.75) is 38.1 Å². The van der Waals surface area contributed by atoms with Crippen molar-refractivity contribution in [1.29, 1.82) is 0 Å². The number of nitrogens with one attached hydrogen (secondary N) is 1. The van der Waals surface area contributed by atoms with Gasteiger partial charge in [0.15, 0.2) is 11.0 Å². The fraction of sp³-hybridized carbons (Fsp3) is 0.222. The highest BCUT2D eigenvalue weighted by Crippen LogP contribution is 2.34. The predicted molar refractivity (Wildman–Crippen MR) is 138 cm³/mol. The number of amides is 1. The molecule has 0 aliphatic heterocycles. The number of hydrogen-bond acceptors (Lipinski definition) is 5. The molecule has 1 aromatic heterocycles. The molecule has 0 aliphatic carbocycles. The summed E-state index contributed by atoms with van der Waals surface area (Å²) in [6.45, 7) is 7.92. The molecule has 6 nitrogen and oxygen atoms in total. The molecular formula is C27H28N4O2S. The third kappa shape index (κ3) is 4.84. The summed E-state index contributed by atoms with van der Waals surface area (Å²) in [5.74, 6) is 1.28. The highest BCUT2D eigenvalue weighted by atomic mass is 32.2. The van der Waals surface area contributed by atoms with E-state index in [4.69, 9.17) is 4.74 Å². The van der Waals surface area contributed by atoms with E-state index < -0.39 is 5.25 Å². The average molecular weight is 473 g/mol. The maximum absolute atomic E-state index is 13.1. The van der Waals surface area contributed by atoms with Crippen LogP contribution in [-0.4, -0.2) is 33.0 Å². The van der Waals surface area contributed by atoms with Crippen LogP contribution in [0.15, 0.2) is 71.9 Å². The average Bonchev–Trinajstić information content (AvgIpc) is 3.25. The van der Waals surface area contributed by atoms with Crippen molar-refractivity contribution in [3.63, 3.8) is 0 Å². The summed E-state index contributed by atoms with van der Waals surface area (Å²) >= 11 is 1.37. The van der Waals surface area contributed by atoms with E-state index in [1.54, 1.807) is 7.11 Å². The number of aryl methyl sites for hydroxylation is 3. The van der Waals surface area contributed by atoms with Crippen LogP contribution in [0.3, 0.4) is 0 Å². The first kappa shape index (κ1) is 23.6. The second kappa shape index (κ2) is 10.1. The predicted octanol–water partition coefficient (Wildman–Crippen LogP) is 5.99. The molecule has 0 saturated heterocycles. The van der Waals surface area contributed by atoms with Crippen molar-refractivity contribution >= 4 is 23.4 Å². The van der Waals surface area contributed by atoms with Crippen molar-refractivity contribution in [3.8, 4) is 22.8 Å².